The fourth-order valence-electron chi connectivity index (χ4n) is 2.78. The van der Waals surface area contributed by atoms with Crippen LogP contribution in [0.2, 0.25) is 0 Å². The number of alkyl carbamates (subject to hydrolysis) is 1. The molecule has 28 heavy (non-hydrogen) atoms. The molecule has 0 spiro atoms. The van der Waals surface area contributed by atoms with E-state index >= 15 is 0 Å². The second kappa shape index (κ2) is 11.1. The molecule has 0 unspecified atom stereocenters. The van der Waals surface area contributed by atoms with Gasteiger partial charge in [0.05, 0.1) is 25.7 Å². The first-order valence-corrected chi connectivity index (χ1v) is 8.98. The minimum Gasteiger partial charge on any atom is -0.445 e. The fraction of sp³-hybridized carbons (Fsp3) is 0.333. The van der Waals surface area contributed by atoms with Gasteiger partial charge in [-0.1, -0.05) is 60.7 Å². The fourth-order valence-corrected chi connectivity index (χ4v) is 2.78. The first kappa shape index (κ1) is 21.4. The van der Waals surface area contributed by atoms with Gasteiger partial charge in [0.15, 0.2) is 0 Å². The average Bonchev–Trinajstić information content (AvgIpc) is 2.75. The Morgan fingerprint density at radius 3 is 2.14 bits per heavy atom. The van der Waals surface area contributed by atoms with Crippen LogP contribution in [0.5, 0.6) is 0 Å². The number of ether oxygens (including phenoxy) is 1. The van der Waals surface area contributed by atoms with E-state index in [2.05, 4.69) is 5.32 Å². The van der Waals surface area contributed by atoms with E-state index < -0.39 is 24.7 Å². The van der Waals surface area contributed by atoms with Crippen molar-refractivity contribution in [1.82, 2.24) is 10.4 Å². The Kier molecular flexibility index (Phi) is 8.45. The Morgan fingerprint density at radius 1 is 1.04 bits per heavy atom. The van der Waals surface area contributed by atoms with E-state index in [-0.39, 0.29) is 12.5 Å². The van der Waals surface area contributed by atoms with Crippen LogP contribution in [0.3, 0.4) is 0 Å². The molecule has 0 saturated carbocycles. The summed E-state index contributed by atoms with van der Waals surface area (Å²) in [4.78, 5) is 29.9. The molecular formula is C21H26N2O5. The molecule has 2 N–H and O–H groups in total. The molecule has 2 aromatic rings. The van der Waals surface area contributed by atoms with Gasteiger partial charge in [-0.3, -0.25) is 9.63 Å². The second-order valence-electron chi connectivity index (χ2n) is 6.31. The van der Waals surface area contributed by atoms with E-state index in [0.717, 1.165) is 16.2 Å². The van der Waals surface area contributed by atoms with Gasteiger partial charge >= 0.3 is 6.09 Å². The summed E-state index contributed by atoms with van der Waals surface area (Å²) in [6, 6.07) is 17.8. The molecule has 2 rings (SSSR count). The molecule has 0 fully saturated rings. The van der Waals surface area contributed by atoms with Crippen molar-refractivity contribution >= 4 is 12.0 Å². The number of amides is 2. The molecule has 2 atom stereocenters. The zero-order chi connectivity index (χ0) is 20.4. The van der Waals surface area contributed by atoms with E-state index in [1.165, 1.54) is 14.2 Å². The standard InChI is InChI=1S/C21H26N2O5/c1-23(27-2)20(25)18(13-16-9-5-3-6-10-16)19(14-24)22-21(26)28-15-17-11-7-4-8-12-17/h3-12,18-19,24H,13-15H2,1-2H3,(H,22,26)/t18-,19+/m0/s1. The van der Waals surface area contributed by atoms with E-state index in [9.17, 15) is 14.7 Å². The Balaban J connectivity index is 2.07. The molecule has 0 aromatic heterocycles. The summed E-state index contributed by atoms with van der Waals surface area (Å²) in [5.41, 5.74) is 1.75. The zero-order valence-corrected chi connectivity index (χ0v) is 16.1. The minimum absolute atomic E-state index is 0.0973. The van der Waals surface area contributed by atoms with Crippen molar-refractivity contribution in [3.63, 3.8) is 0 Å². The number of aliphatic hydroxyl groups is 1. The van der Waals surface area contributed by atoms with Gasteiger partial charge in [-0.15, -0.1) is 0 Å². The van der Waals surface area contributed by atoms with Crippen molar-refractivity contribution in [2.75, 3.05) is 20.8 Å². The number of rotatable bonds is 9. The van der Waals surface area contributed by atoms with Gasteiger partial charge in [-0.2, -0.15) is 0 Å². The van der Waals surface area contributed by atoms with Crippen molar-refractivity contribution in [2.24, 2.45) is 5.92 Å². The van der Waals surface area contributed by atoms with Crippen molar-refractivity contribution in [1.29, 1.82) is 0 Å². The number of hydrogen-bond donors (Lipinski definition) is 2. The lowest BCUT2D eigenvalue weighted by Gasteiger charge is -2.28. The van der Waals surface area contributed by atoms with E-state index in [0.29, 0.717) is 6.42 Å². The molecule has 0 aliphatic heterocycles. The van der Waals surface area contributed by atoms with Crippen LogP contribution in [0, 0.1) is 5.92 Å². The first-order chi connectivity index (χ1) is 13.5. The molecule has 0 saturated heterocycles. The highest BCUT2D eigenvalue weighted by molar-refractivity contribution is 5.79. The van der Waals surface area contributed by atoms with Crippen LogP contribution in [-0.2, 0) is 27.4 Å². The van der Waals surface area contributed by atoms with Crippen LogP contribution in [0.25, 0.3) is 0 Å². The van der Waals surface area contributed by atoms with Gasteiger partial charge in [-0.25, -0.2) is 9.86 Å². The molecule has 150 valence electrons. The first-order valence-electron chi connectivity index (χ1n) is 8.98. The Bertz CT molecular complexity index is 739. The predicted molar refractivity (Wildman–Crippen MR) is 104 cm³/mol. The maximum atomic E-state index is 12.7. The number of carbonyl (C=O) groups excluding carboxylic acids is 2. The lowest BCUT2D eigenvalue weighted by atomic mass is 9.91. The number of benzene rings is 2. The smallest absolute Gasteiger partial charge is 0.407 e. The van der Waals surface area contributed by atoms with Gasteiger partial charge in [0.1, 0.15) is 6.61 Å². The summed E-state index contributed by atoms with van der Waals surface area (Å²) in [6.45, 7) is -0.318. The number of hydroxylamine groups is 2. The second-order valence-corrected chi connectivity index (χ2v) is 6.31. The molecular weight excluding hydrogens is 360 g/mol. The van der Waals surface area contributed by atoms with Crippen molar-refractivity contribution in [3.8, 4) is 0 Å². The SMILES string of the molecule is CON(C)C(=O)[C@@H](Cc1ccccc1)[C@@H](CO)NC(=O)OCc1ccccc1. The lowest BCUT2D eigenvalue weighted by molar-refractivity contribution is -0.174. The predicted octanol–water partition coefficient (Wildman–Crippen LogP) is 2.15. The normalized spacial score (nSPS) is 12.7. The van der Waals surface area contributed by atoms with Gasteiger partial charge in [-0.05, 0) is 17.5 Å². The summed E-state index contributed by atoms with van der Waals surface area (Å²) in [5, 5.41) is 13.5. The molecule has 0 aliphatic rings. The summed E-state index contributed by atoms with van der Waals surface area (Å²) in [7, 11) is 2.87. The maximum Gasteiger partial charge on any atom is 0.407 e. The van der Waals surface area contributed by atoms with Crippen molar-refractivity contribution < 1.29 is 24.3 Å². The Morgan fingerprint density at radius 2 is 1.61 bits per heavy atom. The molecule has 0 bridgehead atoms. The third kappa shape index (κ3) is 6.37. The lowest BCUT2D eigenvalue weighted by Crippen LogP contribution is -2.50. The van der Waals surface area contributed by atoms with Crippen LogP contribution >= 0.6 is 0 Å². The maximum absolute atomic E-state index is 12.7. The minimum atomic E-state index is -0.825. The topological polar surface area (TPSA) is 88.1 Å². The van der Waals surface area contributed by atoms with E-state index in [1.54, 1.807) is 0 Å². The number of hydrogen-bond acceptors (Lipinski definition) is 5. The molecule has 7 nitrogen and oxygen atoms in total. The zero-order valence-electron chi connectivity index (χ0n) is 16.1. The Labute approximate surface area is 164 Å². The van der Waals surface area contributed by atoms with Gasteiger partial charge in [0.2, 0.25) is 0 Å². The number of aliphatic hydroxyl groups excluding tert-OH is 1. The number of nitrogens with one attached hydrogen (secondary N) is 1. The third-order valence-corrected chi connectivity index (χ3v) is 4.40. The molecule has 0 heterocycles. The van der Waals surface area contributed by atoms with Crippen LogP contribution in [0.15, 0.2) is 60.7 Å². The van der Waals surface area contributed by atoms with Crippen molar-refractivity contribution in [3.05, 3.63) is 71.8 Å². The largest absolute Gasteiger partial charge is 0.445 e. The highest BCUT2D eigenvalue weighted by Crippen LogP contribution is 2.16. The monoisotopic (exact) mass is 386 g/mol. The van der Waals surface area contributed by atoms with Gasteiger partial charge < -0.3 is 15.2 Å². The summed E-state index contributed by atoms with van der Waals surface area (Å²) in [6.07, 6.45) is -0.369. The number of carbonyl (C=O) groups is 2. The quantitative estimate of drug-likeness (QED) is 0.645. The van der Waals surface area contributed by atoms with E-state index in [4.69, 9.17) is 9.57 Å². The summed E-state index contributed by atoms with van der Waals surface area (Å²) in [5.74, 6) is -1.07. The molecule has 0 aliphatic carbocycles. The van der Waals surface area contributed by atoms with Gasteiger partial charge in [0, 0.05) is 7.05 Å². The summed E-state index contributed by atoms with van der Waals surface area (Å²) >= 11 is 0. The highest BCUT2D eigenvalue weighted by atomic mass is 16.7. The molecule has 0 radical (unpaired) electrons. The van der Waals surface area contributed by atoms with Gasteiger partial charge in [0.25, 0.3) is 5.91 Å². The Hall–Kier alpha value is -2.90. The van der Waals surface area contributed by atoms with Crippen LogP contribution < -0.4 is 5.32 Å². The van der Waals surface area contributed by atoms with Crippen LogP contribution in [0.4, 0.5) is 4.79 Å². The molecule has 7 heteroatoms. The van der Waals surface area contributed by atoms with Crippen molar-refractivity contribution in [2.45, 2.75) is 19.1 Å². The molecule has 2 amide bonds. The average molecular weight is 386 g/mol. The number of nitrogens with zero attached hydrogens (tertiary/aromatic N) is 1. The van der Waals surface area contributed by atoms with Crippen LogP contribution in [0.1, 0.15) is 11.1 Å². The molecule has 2 aromatic carbocycles. The summed E-state index contributed by atoms with van der Waals surface area (Å²) < 4.78 is 5.21. The van der Waals surface area contributed by atoms with Crippen LogP contribution in [-0.4, -0.2) is 49.0 Å². The third-order valence-electron chi connectivity index (χ3n) is 4.40. The highest BCUT2D eigenvalue weighted by Gasteiger charge is 2.32. The van der Waals surface area contributed by atoms with E-state index in [1.807, 2.05) is 60.7 Å².